The number of hydrogen-bond donors (Lipinski definition) is 2. The monoisotopic (exact) mass is 280 g/mol. The molecule has 2 rings (SSSR count). The number of anilines is 1. The average Bonchev–Trinajstić information content (AvgIpc) is 2.68. The Balaban J connectivity index is 2.10. The van der Waals surface area contributed by atoms with Crippen LogP contribution in [0.1, 0.15) is 23.4 Å². The molecule has 2 N–H and O–H groups in total. The van der Waals surface area contributed by atoms with Gasteiger partial charge >= 0.3 is 5.97 Å². The van der Waals surface area contributed by atoms with Crippen molar-refractivity contribution < 1.29 is 14.7 Å². The molecular formula is C13H16N2O3S. The first-order chi connectivity index (χ1) is 8.99. The zero-order valence-corrected chi connectivity index (χ0v) is 11.7. The Kier molecular flexibility index (Phi) is 3.99. The van der Waals surface area contributed by atoms with Crippen molar-refractivity contribution in [2.45, 2.75) is 26.7 Å². The minimum absolute atomic E-state index is 0.259. The second kappa shape index (κ2) is 5.52. The maximum absolute atomic E-state index is 12.2. The minimum Gasteiger partial charge on any atom is -0.481 e. The van der Waals surface area contributed by atoms with Crippen molar-refractivity contribution in [3.05, 3.63) is 22.7 Å². The van der Waals surface area contributed by atoms with Crippen molar-refractivity contribution in [2.75, 3.05) is 5.32 Å². The van der Waals surface area contributed by atoms with Crippen LogP contribution < -0.4 is 5.32 Å². The Bertz CT molecular complexity index is 516. The van der Waals surface area contributed by atoms with Crippen LogP contribution in [-0.2, 0) is 9.59 Å². The van der Waals surface area contributed by atoms with Crippen molar-refractivity contribution in [1.82, 2.24) is 4.98 Å². The zero-order valence-electron chi connectivity index (χ0n) is 10.8. The molecular weight excluding hydrogens is 264 g/mol. The number of nitrogens with one attached hydrogen (secondary N) is 1. The average molecular weight is 280 g/mol. The molecule has 0 fully saturated rings. The van der Waals surface area contributed by atoms with E-state index in [0.29, 0.717) is 18.0 Å². The molecule has 1 heterocycles. The maximum Gasteiger partial charge on any atom is 0.307 e. The Morgan fingerprint density at radius 1 is 1.32 bits per heavy atom. The van der Waals surface area contributed by atoms with Crippen molar-refractivity contribution in [2.24, 2.45) is 11.8 Å². The number of hydrogen-bond acceptors (Lipinski definition) is 4. The van der Waals surface area contributed by atoms with Gasteiger partial charge in [0.15, 0.2) is 5.13 Å². The van der Waals surface area contributed by atoms with E-state index in [4.69, 9.17) is 5.11 Å². The summed E-state index contributed by atoms with van der Waals surface area (Å²) < 4.78 is 0. The summed E-state index contributed by atoms with van der Waals surface area (Å²) in [6.45, 7) is 3.82. The molecule has 0 saturated carbocycles. The van der Waals surface area contributed by atoms with Crippen molar-refractivity contribution >= 4 is 28.3 Å². The number of allylic oxidation sites excluding steroid dienone is 2. The maximum atomic E-state index is 12.2. The fourth-order valence-corrected chi connectivity index (χ4v) is 2.92. The summed E-state index contributed by atoms with van der Waals surface area (Å²) in [5.41, 5.74) is 0.888. The molecule has 0 radical (unpaired) electrons. The predicted molar refractivity (Wildman–Crippen MR) is 73.2 cm³/mol. The van der Waals surface area contributed by atoms with Gasteiger partial charge in [-0.1, -0.05) is 12.2 Å². The molecule has 102 valence electrons. The standard InChI is InChI=1S/C13H16N2O3S/c1-7-8(2)19-13(14-7)15-11(16)9-5-3-4-6-10(9)12(17)18/h3-4,9-10H,5-6H2,1-2H3,(H,17,18)(H,14,15,16). The summed E-state index contributed by atoms with van der Waals surface area (Å²) in [6, 6.07) is 0. The van der Waals surface area contributed by atoms with Crippen LogP contribution in [0.5, 0.6) is 0 Å². The first-order valence-corrected chi connectivity index (χ1v) is 6.93. The Morgan fingerprint density at radius 3 is 2.47 bits per heavy atom. The third kappa shape index (κ3) is 3.01. The zero-order chi connectivity index (χ0) is 14.0. The second-order valence-corrected chi connectivity index (χ2v) is 5.85. The van der Waals surface area contributed by atoms with E-state index in [2.05, 4.69) is 10.3 Å². The lowest BCUT2D eigenvalue weighted by Crippen LogP contribution is -2.34. The number of aryl methyl sites for hydroxylation is 2. The van der Waals surface area contributed by atoms with E-state index < -0.39 is 17.8 Å². The molecule has 1 aliphatic rings. The van der Waals surface area contributed by atoms with Gasteiger partial charge in [0.2, 0.25) is 5.91 Å². The van der Waals surface area contributed by atoms with Crippen molar-refractivity contribution in [1.29, 1.82) is 0 Å². The summed E-state index contributed by atoms with van der Waals surface area (Å²) in [7, 11) is 0. The van der Waals surface area contributed by atoms with E-state index in [9.17, 15) is 9.59 Å². The predicted octanol–water partition coefficient (Wildman–Crippen LogP) is 2.37. The van der Waals surface area contributed by atoms with Crippen LogP contribution in [0, 0.1) is 25.7 Å². The Labute approximate surface area is 115 Å². The number of amides is 1. The van der Waals surface area contributed by atoms with E-state index in [1.54, 1.807) is 0 Å². The van der Waals surface area contributed by atoms with Gasteiger partial charge in [0.05, 0.1) is 17.5 Å². The fraction of sp³-hybridized carbons (Fsp3) is 0.462. The van der Waals surface area contributed by atoms with Gasteiger partial charge in [0, 0.05) is 4.88 Å². The van der Waals surface area contributed by atoms with Gasteiger partial charge in [-0.2, -0.15) is 0 Å². The molecule has 5 nitrogen and oxygen atoms in total. The normalized spacial score (nSPS) is 22.2. The molecule has 0 spiro atoms. The number of aromatic nitrogens is 1. The fourth-order valence-electron chi connectivity index (χ4n) is 2.10. The SMILES string of the molecule is Cc1nc(NC(=O)C2CC=CCC2C(=O)O)sc1C. The van der Waals surface area contributed by atoms with Crippen LogP contribution in [0.2, 0.25) is 0 Å². The number of carboxylic acids is 1. The third-order valence-corrected chi connectivity index (χ3v) is 4.33. The molecule has 1 aliphatic carbocycles. The van der Waals surface area contributed by atoms with Gasteiger partial charge in [0.25, 0.3) is 0 Å². The van der Waals surface area contributed by atoms with Crippen LogP contribution in [0.15, 0.2) is 12.2 Å². The molecule has 1 aromatic heterocycles. The summed E-state index contributed by atoms with van der Waals surface area (Å²) in [6.07, 6.45) is 4.55. The number of carboxylic acid groups (broad SMARTS) is 1. The molecule has 6 heteroatoms. The summed E-state index contributed by atoms with van der Waals surface area (Å²) in [5.74, 6) is -2.35. The number of nitrogens with zero attached hydrogens (tertiary/aromatic N) is 1. The van der Waals surface area contributed by atoms with Gasteiger partial charge < -0.3 is 10.4 Å². The lowest BCUT2D eigenvalue weighted by atomic mass is 9.82. The molecule has 0 bridgehead atoms. The lowest BCUT2D eigenvalue weighted by Gasteiger charge is -2.23. The summed E-state index contributed by atoms with van der Waals surface area (Å²) in [4.78, 5) is 28.6. The molecule has 0 aliphatic heterocycles. The van der Waals surface area contributed by atoms with Crippen molar-refractivity contribution in [3.63, 3.8) is 0 Å². The molecule has 2 atom stereocenters. The van der Waals surface area contributed by atoms with Crippen LogP contribution in [0.3, 0.4) is 0 Å². The number of rotatable bonds is 3. The van der Waals surface area contributed by atoms with E-state index >= 15 is 0 Å². The van der Waals surface area contributed by atoms with E-state index in [1.807, 2.05) is 26.0 Å². The number of aliphatic carboxylic acids is 1. The van der Waals surface area contributed by atoms with Crippen LogP contribution >= 0.6 is 11.3 Å². The Morgan fingerprint density at radius 2 is 1.95 bits per heavy atom. The number of carbonyl (C=O) groups excluding carboxylic acids is 1. The largest absolute Gasteiger partial charge is 0.481 e. The second-order valence-electron chi connectivity index (χ2n) is 4.64. The summed E-state index contributed by atoms with van der Waals surface area (Å²) >= 11 is 1.41. The van der Waals surface area contributed by atoms with Gasteiger partial charge in [-0.25, -0.2) is 4.98 Å². The number of carbonyl (C=O) groups is 2. The van der Waals surface area contributed by atoms with Crippen LogP contribution in [0.4, 0.5) is 5.13 Å². The van der Waals surface area contributed by atoms with Crippen LogP contribution in [-0.4, -0.2) is 22.0 Å². The van der Waals surface area contributed by atoms with E-state index in [-0.39, 0.29) is 5.91 Å². The smallest absolute Gasteiger partial charge is 0.307 e. The molecule has 2 unspecified atom stereocenters. The highest BCUT2D eigenvalue weighted by atomic mass is 32.1. The quantitative estimate of drug-likeness (QED) is 0.833. The Hall–Kier alpha value is -1.69. The highest BCUT2D eigenvalue weighted by molar-refractivity contribution is 7.15. The highest BCUT2D eigenvalue weighted by Gasteiger charge is 2.34. The lowest BCUT2D eigenvalue weighted by molar-refractivity contribution is -0.146. The molecule has 0 saturated heterocycles. The summed E-state index contributed by atoms with van der Waals surface area (Å²) in [5, 5.41) is 12.4. The van der Waals surface area contributed by atoms with Crippen molar-refractivity contribution in [3.8, 4) is 0 Å². The van der Waals surface area contributed by atoms with E-state index in [0.717, 1.165) is 10.6 Å². The first-order valence-electron chi connectivity index (χ1n) is 6.11. The molecule has 1 amide bonds. The van der Waals surface area contributed by atoms with Gasteiger partial charge in [-0.15, -0.1) is 11.3 Å². The molecule has 19 heavy (non-hydrogen) atoms. The van der Waals surface area contributed by atoms with Crippen LogP contribution in [0.25, 0.3) is 0 Å². The first kappa shape index (κ1) is 13.7. The number of thiazole rings is 1. The van der Waals surface area contributed by atoms with E-state index in [1.165, 1.54) is 11.3 Å². The van der Waals surface area contributed by atoms with Gasteiger partial charge in [-0.05, 0) is 26.7 Å². The topological polar surface area (TPSA) is 79.3 Å². The van der Waals surface area contributed by atoms with Gasteiger partial charge in [0.1, 0.15) is 0 Å². The minimum atomic E-state index is -0.920. The molecule has 0 aromatic carbocycles. The molecule has 1 aromatic rings. The third-order valence-electron chi connectivity index (χ3n) is 3.35. The highest BCUT2D eigenvalue weighted by Crippen LogP contribution is 2.28. The van der Waals surface area contributed by atoms with Gasteiger partial charge in [-0.3, -0.25) is 9.59 Å².